The van der Waals surface area contributed by atoms with E-state index in [2.05, 4.69) is 0 Å². The molecule has 0 spiro atoms. The molecule has 0 aromatic heterocycles. The lowest BCUT2D eigenvalue weighted by molar-refractivity contribution is -0.192. The smallest absolute Gasteiger partial charge is 0.475 e. The summed E-state index contributed by atoms with van der Waals surface area (Å²) in [6.07, 6.45) is -3.82. The SMILES string of the molecule is CCN1C(=O)[C@@H]2[C@@H](c3ccc(-c4ccc(F)cc4)cc3)N3CCC[C@@]3(C(=O)OC)[C@@H]2C1=O.O=C(O)C(F)(F)F. The minimum atomic E-state index is -5.08. The number of hydrogen-bond acceptors (Lipinski definition) is 6. The molecule has 208 valence electrons. The van der Waals surface area contributed by atoms with E-state index >= 15 is 0 Å². The van der Waals surface area contributed by atoms with Crippen molar-refractivity contribution >= 4 is 23.8 Å². The summed E-state index contributed by atoms with van der Waals surface area (Å²) in [6, 6.07) is 13.7. The molecule has 1 N–H and O–H groups in total. The first kappa shape index (κ1) is 28.2. The van der Waals surface area contributed by atoms with Crippen LogP contribution >= 0.6 is 0 Å². The molecule has 2 aromatic rings. The van der Waals surface area contributed by atoms with Gasteiger partial charge in [0.05, 0.1) is 18.9 Å². The van der Waals surface area contributed by atoms with Gasteiger partial charge < -0.3 is 9.84 Å². The van der Waals surface area contributed by atoms with Crippen molar-refractivity contribution in [1.29, 1.82) is 0 Å². The molecule has 5 rings (SSSR count). The van der Waals surface area contributed by atoms with Crippen molar-refractivity contribution in [3.8, 4) is 11.1 Å². The van der Waals surface area contributed by atoms with Crippen LogP contribution in [0.25, 0.3) is 11.1 Å². The number of ether oxygens (including phenoxy) is 1. The van der Waals surface area contributed by atoms with Gasteiger partial charge in [-0.3, -0.25) is 24.2 Å². The number of fused-ring (bicyclic) bond motifs is 3. The zero-order chi connectivity index (χ0) is 28.7. The fourth-order valence-corrected chi connectivity index (χ4v) is 6.09. The Morgan fingerprint density at radius 1 is 1.03 bits per heavy atom. The predicted molar refractivity (Wildman–Crippen MR) is 128 cm³/mol. The van der Waals surface area contributed by atoms with Crippen molar-refractivity contribution < 1.29 is 46.6 Å². The number of rotatable bonds is 4. The zero-order valence-electron chi connectivity index (χ0n) is 21.1. The highest BCUT2D eigenvalue weighted by Crippen LogP contribution is 2.59. The number of nitrogens with zero attached hydrogens (tertiary/aromatic N) is 2. The summed E-state index contributed by atoms with van der Waals surface area (Å²) < 4.78 is 50.2. The normalized spacial score (nSPS) is 26.1. The summed E-state index contributed by atoms with van der Waals surface area (Å²) in [4.78, 5) is 51.9. The van der Waals surface area contributed by atoms with Gasteiger partial charge in [0.1, 0.15) is 11.4 Å². The van der Waals surface area contributed by atoms with Crippen molar-refractivity contribution in [3.05, 3.63) is 59.9 Å². The molecule has 12 heteroatoms. The standard InChI is InChI=1S/C25H25FN2O4.C2HF3O2/c1-3-27-22(29)19-20(23(27)30)25(24(31)32-2)13-4-14-28(25)21(19)17-7-5-15(6-8-17)16-9-11-18(26)12-10-16;3-2(4,5)1(6)7/h5-12,19-21H,3-4,13-14H2,1-2H3;(H,6,7)/t19-,20-,21+,25-;/m0./s1. The first-order chi connectivity index (χ1) is 18.4. The maximum Gasteiger partial charge on any atom is 0.490 e. The second kappa shape index (κ2) is 10.4. The second-order valence-electron chi connectivity index (χ2n) is 9.51. The Morgan fingerprint density at radius 2 is 1.56 bits per heavy atom. The maximum atomic E-state index is 13.3. The number of carbonyl (C=O) groups excluding carboxylic acids is 3. The van der Waals surface area contributed by atoms with E-state index in [-0.39, 0.29) is 30.2 Å². The molecule has 0 unspecified atom stereocenters. The molecule has 2 aromatic carbocycles. The predicted octanol–water partition coefficient (Wildman–Crippen LogP) is 3.81. The Kier molecular flexibility index (Phi) is 7.53. The van der Waals surface area contributed by atoms with E-state index in [0.29, 0.717) is 13.0 Å². The number of imide groups is 1. The fraction of sp³-hybridized carbons (Fsp3) is 0.407. The van der Waals surface area contributed by atoms with E-state index in [0.717, 1.165) is 23.1 Å². The molecule has 8 nitrogen and oxygen atoms in total. The molecule has 3 aliphatic rings. The van der Waals surface area contributed by atoms with Gasteiger partial charge in [0.15, 0.2) is 0 Å². The van der Waals surface area contributed by atoms with Crippen LogP contribution in [0.15, 0.2) is 48.5 Å². The van der Waals surface area contributed by atoms with E-state index in [1.54, 1.807) is 19.1 Å². The van der Waals surface area contributed by atoms with Crippen LogP contribution in [0.4, 0.5) is 17.6 Å². The minimum absolute atomic E-state index is 0.215. The molecule has 4 atom stereocenters. The molecule has 0 aliphatic carbocycles. The lowest BCUT2D eigenvalue weighted by Crippen LogP contribution is -2.54. The Morgan fingerprint density at radius 3 is 2.05 bits per heavy atom. The lowest BCUT2D eigenvalue weighted by atomic mass is 9.77. The highest BCUT2D eigenvalue weighted by molar-refractivity contribution is 6.09. The van der Waals surface area contributed by atoms with Crippen molar-refractivity contribution in [2.75, 3.05) is 20.2 Å². The van der Waals surface area contributed by atoms with Crippen LogP contribution in [0.1, 0.15) is 31.4 Å². The average Bonchev–Trinajstić information content (AvgIpc) is 3.52. The molecule has 2 amide bonds. The number of methoxy groups -OCH3 is 1. The number of halogens is 4. The first-order valence-corrected chi connectivity index (χ1v) is 12.2. The molecule has 3 fully saturated rings. The summed E-state index contributed by atoms with van der Waals surface area (Å²) in [5.41, 5.74) is 1.60. The van der Waals surface area contributed by atoms with Gasteiger partial charge in [0.2, 0.25) is 11.8 Å². The number of benzene rings is 2. The second-order valence-corrected chi connectivity index (χ2v) is 9.51. The quantitative estimate of drug-likeness (QED) is 0.351. The number of esters is 1. The summed E-state index contributed by atoms with van der Waals surface area (Å²) in [6.45, 7) is 2.69. The van der Waals surface area contributed by atoms with E-state index in [1.807, 2.05) is 29.2 Å². The van der Waals surface area contributed by atoms with Crippen LogP contribution in [0.5, 0.6) is 0 Å². The number of carboxylic acid groups (broad SMARTS) is 1. The average molecular weight is 551 g/mol. The van der Waals surface area contributed by atoms with Crippen molar-refractivity contribution in [3.63, 3.8) is 0 Å². The van der Waals surface area contributed by atoms with E-state index in [9.17, 15) is 31.9 Å². The molecule has 3 saturated heterocycles. The third kappa shape index (κ3) is 4.66. The lowest BCUT2D eigenvalue weighted by Gasteiger charge is -2.36. The van der Waals surface area contributed by atoms with Crippen molar-refractivity contribution in [2.24, 2.45) is 11.8 Å². The third-order valence-electron chi connectivity index (χ3n) is 7.63. The number of aliphatic carboxylic acids is 1. The minimum Gasteiger partial charge on any atom is -0.475 e. The summed E-state index contributed by atoms with van der Waals surface area (Å²) in [5, 5.41) is 7.12. The summed E-state index contributed by atoms with van der Waals surface area (Å²) >= 11 is 0. The van der Waals surface area contributed by atoms with Crippen LogP contribution in [0.3, 0.4) is 0 Å². The van der Waals surface area contributed by atoms with Gasteiger partial charge in [-0.05, 0) is 55.1 Å². The molecule has 0 saturated carbocycles. The van der Waals surface area contributed by atoms with Gasteiger partial charge in [-0.15, -0.1) is 0 Å². The molecular formula is C27H26F4N2O6. The Hall–Kier alpha value is -3.80. The van der Waals surface area contributed by atoms with Gasteiger partial charge in [-0.25, -0.2) is 9.18 Å². The number of carbonyl (C=O) groups is 4. The summed E-state index contributed by atoms with van der Waals surface area (Å²) in [7, 11) is 1.34. The third-order valence-corrected chi connectivity index (χ3v) is 7.63. The van der Waals surface area contributed by atoms with E-state index in [4.69, 9.17) is 14.6 Å². The van der Waals surface area contributed by atoms with Gasteiger partial charge >= 0.3 is 18.1 Å². The Labute approximate surface area is 221 Å². The van der Waals surface area contributed by atoms with Crippen LogP contribution in [0.2, 0.25) is 0 Å². The number of hydrogen-bond donors (Lipinski definition) is 1. The number of amides is 2. The van der Waals surface area contributed by atoms with Crippen molar-refractivity contribution in [1.82, 2.24) is 9.80 Å². The highest BCUT2D eigenvalue weighted by Gasteiger charge is 2.73. The van der Waals surface area contributed by atoms with Crippen molar-refractivity contribution in [2.45, 2.75) is 37.5 Å². The van der Waals surface area contributed by atoms with Crippen LogP contribution < -0.4 is 0 Å². The summed E-state index contributed by atoms with van der Waals surface area (Å²) in [5.74, 6) is -5.31. The van der Waals surface area contributed by atoms with Gasteiger partial charge in [-0.1, -0.05) is 36.4 Å². The fourth-order valence-electron chi connectivity index (χ4n) is 6.09. The molecular weight excluding hydrogens is 524 g/mol. The van der Waals surface area contributed by atoms with Crippen LogP contribution in [-0.4, -0.2) is 70.6 Å². The molecule has 3 aliphatic heterocycles. The highest BCUT2D eigenvalue weighted by atomic mass is 19.4. The number of carboxylic acids is 1. The monoisotopic (exact) mass is 550 g/mol. The molecule has 0 bridgehead atoms. The largest absolute Gasteiger partial charge is 0.490 e. The molecule has 39 heavy (non-hydrogen) atoms. The van der Waals surface area contributed by atoms with Crippen LogP contribution in [-0.2, 0) is 23.9 Å². The Balaban J connectivity index is 0.000000448. The van der Waals surface area contributed by atoms with E-state index < -0.39 is 35.5 Å². The Bertz CT molecular complexity index is 1280. The zero-order valence-corrected chi connectivity index (χ0v) is 21.1. The maximum absolute atomic E-state index is 13.3. The molecule has 0 radical (unpaired) electrons. The first-order valence-electron chi connectivity index (χ1n) is 12.2. The van der Waals surface area contributed by atoms with Gasteiger partial charge in [0, 0.05) is 12.6 Å². The van der Waals surface area contributed by atoms with Gasteiger partial charge in [0.25, 0.3) is 0 Å². The number of likely N-dealkylation sites (tertiary alicyclic amines) is 1. The number of alkyl halides is 3. The molecule has 3 heterocycles. The van der Waals surface area contributed by atoms with Gasteiger partial charge in [-0.2, -0.15) is 13.2 Å². The van der Waals surface area contributed by atoms with E-state index in [1.165, 1.54) is 24.1 Å². The van der Waals surface area contributed by atoms with Crippen LogP contribution in [0, 0.1) is 17.7 Å². The topological polar surface area (TPSA) is 104 Å².